The third-order valence-electron chi connectivity index (χ3n) is 3.74. The molecule has 2 rings (SSSR count). The molecule has 7 heteroatoms. The van der Waals surface area contributed by atoms with Crippen molar-refractivity contribution in [3.8, 4) is 0 Å². The fourth-order valence-electron chi connectivity index (χ4n) is 2.60. The number of benzene rings is 1. The highest BCUT2D eigenvalue weighted by atomic mass is 79.9. The van der Waals surface area contributed by atoms with Gasteiger partial charge in [-0.25, -0.2) is 4.39 Å². The Hall–Kier alpha value is -1.47. The first-order valence-corrected chi connectivity index (χ1v) is 7.29. The molecule has 1 aliphatic rings. The molecule has 0 spiro atoms. The van der Waals surface area contributed by atoms with Crippen molar-refractivity contribution in [3.05, 3.63) is 34.1 Å². The van der Waals surface area contributed by atoms with Crippen molar-refractivity contribution in [1.29, 1.82) is 0 Å². The molecule has 114 valence electrons. The summed E-state index contributed by atoms with van der Waals surface area (Å²) in [4.78, 5) is 24.2. The summed E-state index contributed by atoms with van der Waals surface area (Å²) in [5, 5.41) is 18.3. The third kappa shape index (κ3) is 3.79. The summed E-state index contributed by atoms with van der Waals surface area (Å²) < 4.78 is 13.7. The molecule has 0 aliphatic carbocycles. The molecule has 0 radical (unpaired) electrons. The van der Waals surface area contributed by atoms with Gasteiger partial charge in [0.05, 0.1) is 11.8 Å². The van der Waals surface area contributed by atoms with E-state index in [4.69, 9.17) is 5.11 Å². The summed E-state index contributed by atoms with van der Waals surface area (Å²) in [5.74, 6) is -4.28. The number of aliphatic carboxylic acids is 2. The van der Waals surface area contributed by atoms with E-state index < -0.39 is 23.8 Å². The minimum atomic E-state index is -1.09. The zero-order valence-corrected chi connectivity index (χ0v) is 12.7. The van der Waals surface area contributed by atoms with E-state index in [9.17, 15) is 19.1 Å². The van der Waals surface area contributed by atoms with Crippen LogP contribution in [0.15, 0.2) is 22.7 Å². The number of hydrogen-bond donors (Lipinski definition) is 2. The van der Waals surface area contributed by atoms with Gasteiger partial charge in [-0.3, -0.25) is 14.5 Å². The molecule has 5 nitrogen and oxygen atoms in total. The van der Waals surface area contributed by atoms with Crippen molar-refractivity contribution < 1.29 is 24.2 Å². The van der Waals surface area contributed by atoms with Gasteiger partial charge in [0.15, 0.2) is 0 Å². The Morgan fingerprint density at radius 2 is 1.95 bits per heavy atom. The monoisotopic (exact) mass is 359 g/mol. The van der Waals surface area contributed by atoms with Crippen LogP contribution >= 0.6 is 15.9 Å². The van der Waals surface area contributed by atoms with Gasteiger partial charge in [0, 0.05) is 17.6 Å². The van der Waals surface area contributed by atoms with Crippen molar-refractivity contribution in [3.63, 3.8) is 0 Å². The number of nitrogens with zero attached hydrogens (tertiary/aromatic N) is 1. The van der Waals surface area contributed by atoms with Crippen LogP contribution in [0.5, 0.6) is 0 Å². The second-order valence-electron chi connectivity index (χ2n) is 5.15. The van der Waals surface area contributed by atoms with E-state index in [0.29, 0.717) is 24.0 Å². The maximum absolute atomic E-state index is 13.0. The zero-order chi connectivity index (χ0) is 15.6. The molecule has 1 saturated heterocycles. The molecule has 1 aromatic carbocycles. The first kappa shape index (κ1) is 15.9. The lowest BCUT2D eigenvalue weighted by Crippen LogP contribution is -2.46. The van der Waals surface area contributed by atoms with Crippen molar-refractivity contribution in [1.82, 2.24) is 4.90 Å². The van der Waals surface area contributed by atoms with Crippen LogP contribution in [0.3, 0.4) is 0 Å². The number of carboxylic acid groups (broad SMARTS) is 2. The molecule has 0 saturated carbocycles. The highest BCUT2D eigenvalue weighted by molar-refractivity contribution is 9.10. The van der Waals surface area contributed by atoms with Crippen LogP contribution in [-0.4, -0.2) is 40.1 Å². The predicted molar refractivity (Wildman–Crippen MR) is 76.2 cm³/mol. The summed E-state index contributed by atoms with van der Waals surface area (Å²) in [6, 6.07) is 4.34. The summed E-state index contributed by atoms with van der Waals surface area (Å²) in [5.41, 5.74) is 0.842. The Bertz CT molecular complexity index is 566. The van der Waals surface area contributed by atoms with E-state index in [1.807, 2.05) is 4.90 Å². The van der Waals surface area contributed by atoms with Crippen LogP contribution in [0.4, 0.5) is 4.39 Å². The van der Waals surface area contributed by atoms with Gasteiger partial charge in [-0.15, -0.1) is 0 Å². The first-order valence-electron chi connectivity index (χ1n) is 6.50. The number of carbonyl (C=O) groups is 2. The predicted octanol–water partition coefficient (Wildman–Crippen LogP) is 2.20. The fraction of sp³-hybridized carbons (Fsp3) is 0.429. The average Bonchev–Trinajstić information content (AvgIpc) is 2.41. The molecule has 0 aromatic heterocycles. The van der Waals surface area contributed by atoms with Gasteiger partial charge in [0.1, 0.15) is 5.82 Å². The van der Waals surface area contributed by atoms with Gasteiger partial charge in [0.25, 0.3) is 0 Å². The van der Waals surface area contributed by atoms with Crippen LogP contribution < -0.4 is 0 Å². The van der Waals surface area contributed by atoms with Gasteiger partial charge < -0.3 is 10.2 Å². The van der Waals surface area contributed by atoms with Crippen molar-refractivity contribution >= 4 is 27.9 Å². The van der Waals surface area contributed by atoms with Gasteiger partial charge in [-0.1, -0.05) is 22.0 Å². The number of piperidine rings is 1. The van der Waals surface area contributed by atoms with Crippen LogP contribution in [-0.2, 0) is 16.1 Å². The Labute approximate surface area is 129 Å². The second-order valence-corrected chi connectivity index (χ2v) is 6.00. The topological polar surface area (TPSA) is 77.8 Å². The quantitative estimate of drug-likeness (QED) is 0.861. The Balaban J connectivity index is 2.09. The summed E-state index contributed by atoms with van der Waals surface area (Å²) >= 11 is 3.28. The summed E-state index contributed by atoms with van der Waals surface area (Å²) in [6.45, 7) is 1.14. The van der Waals surface area contributed by atoms with Gasteiger partial charge >= 0.3 is 11.9 Å². The molecule has 0 amide bonds. The van der Waals surface area contributed by atoms with Crippen LogP contribution in [0, 0.1) is 17.7 Å². The molecule has 1 aliphatic heterocycles. The van der Waals surface area contributed by atoms with Crippen molar-refractivity contribution in [2.45, 2.75) is 13.0 Å². The largest absolute Gasteiger partial charge is 0.481 e. The van der Waals surface area contributed by atoms with E-state index in [1.165, 1.54) is 12.1 Å². The lowest BCUT2D eigenvalue weighted by molar-refractivity contribution is -0.157. The van der Waals surface area contributed by atoms with E-state index in [0.717, 1.165) is 5.56 Å². The standard InChI is InChI=1S/C14H15BrFNO4/c15-12-5-9(16)2-1-8(12)6-17-4-3-10(13(18)19)11(7-17)14(20)21/h1-2,5,10-11H,3-4,6-7H2,(H,18,19)(H,20,21). The maximum Gasteiger partial charge on any atom is 0.308 e. The minimum absolute atomic E-state index is 0.177. The average molecular weight is 360 g/mol. The van der Waals surface area contributed by atoms with E-state index in [1.54, 1.807) is 6.07 Å². The minimum Gasteiger partial charge on any atom is -0.481 e. The lowest BCUT2D eigenvalue weighted by atomic mass is 9.85. The van der Waals surface area contributed by atoms with Crippen LogP contribution in [0.25, 0.3) is 0 Å². The summed E-state index contributed by atoms with van der Waals surface area (Å²) in [7, 11) is 0. The van der Waals surface area contributed by atoms with Crippen LogP contribution in [0.1, 0.15) is 12.0 Å². The molecule has 2 atom stereocenters. The fourth-order valence-corrected chi connectivity index (χ4v) is 3.08. The number of carboxylic acids is 2. The molecule has 1 aromatic rings. The smallest absolute Gasteiger partial charge is 0.308 e. The highest BCUT2D eigenvalue weighted by Crippen LogP contribution is 2.27. The zero-order valence-electron chi connectivity index (χ0n) is 11.1. The highest BCUT2D eigenvalue weighted by Gasteiger charge is 2.38. The molecule has 1 heterocycles. The lowest BCUT2D eigenvalue weighted by Gasteiger charge is -2.34. The summed E-state index contributed by atoms with van der Waals surface area (Å²) in [6.07, 6.45) is 0.297. The molecule has 2 N–H and O–H groups in total. The van der Waals surface area contributed by atoms with Crippen molar-refractivity contribution in [2.24, 2.45) is 11.8 Å². The van der Waals surface area contributed by atoms with E-state index >= 15 is 0 Å². The SMILES string of the molecule is O=C(O)C1CCN(Cc2ccc(F)cc2Br)CC1C(=O)O. The Kier molecular flexibility index (Phi) is 4.95. The Morgan fingerprint density at radius 3 is 2.52 bits per heavy atom. The number of likely N-dealkylation sites (tertiary alicyclic amines) is 1. The van der Waals surface area contributed by atoms with E-state index in [2.05, 4.69) is 15.9 Å². The third-order valence-corrected chi connectivity index (χ3v) is 4.48. The molecule has 21 heavy (non-hydrogen) atoms. The Morgan fingerprint density at radius 1 is 1.29 bits per heavy atom. The van der Waals surface area contributed by atoms with Gasteiger partial charge in [0.2, 0.25) is 0 Å². The number of hydrogen-bond acceptors (Lipinski definition) is 3. The normalized spacial score (nSPS) is 23.0. The number of halogens is 2. The first-order chi connectivity index (χ1) is 9.88. The molecule has 2 unspecified atom stereocenters. The molecular weight excluding hydrogens is 345 g/mol. The number of rotatable bonds is 4. The molecular formula is C14H15BrFNO4. The molecule has 0 bridgehead atoms. The van der Waals surface area contributed by atoms with E-state index in [-0.39, 0.29) is 12.4 Å². The van der Waals surface area contributed by atoms with Crippen molar-refractivity contribution in [2.75, 3.05) is 13.1 Å². The second kappa shape index (κ2) is 6.53. The maximum atomic E-state index is 13.0. The van der Waals surface area contributed by atoms with Gasteiger partial charge in [-0.2, -0.15) is 0 Å². The molecule has 1 fully saturated rings. The van der Waals surface area contributed by atoms with Gasteiger partial charge in [-0.05, 0) is 30.7 Å². The van der Waals surface area contributed by atoms with Crippen LogP contribution in [0.2, 0.25) is 0 Å².